The predicted octanol–water partition coefficient (Wildman–Crippen LogP) is 2.33. The van der Waals surface area contributed by atoms with Crippen LogP contribution in [0.15, 0.2) is 0 Å². The van der Waals surface area contributed by atoms with Crippen LogP contribution in [0, 0.1) is 0 Å². The third kappa shape index (κ3) is 0.109. The molecule has 3 amide bonds. The van der Waals surface area contributed by atoms with Gasteiger partial charge in [0.2, 0.25) is 0 Å². The van der Waals surface area contributed by atoms with Gasteiger partial charge in [-0.3, -0.25) is 0 Å². The molecule has 3 N–H and O–H groups in total. The summed E-state index contributed by atoms with van der Waals surface area (Å²) in [5, 5.41) is 4.03. The van der Waals surface area contributed by atoms with Gasteiger partial charge in [0.05, 0.1) is 0 Å². The number of nitrogens with zero attached hydrogens (tertiary/aromatic N) is 1. The number of carbonyl (C=O) groups is 2. The predicted molar refractivity (Wildman–Crippen MR) is 68.1 cm³/mol. The Balaban J connectivity index is 1.17. The van der Waals surface area contributed by atoms with Gasteiger partial charge < -0.3 is 0 Å². The van der Waals surface area contributed by atoms with E-state index in [0.717, 1.165) is 43.3 Å². The third-order valence-corrected chi connectivity index (χ3v) is 57.8. The molecule has 0 aromatic heterocycles. The molecule has 0 aromatic rings. The minimum absolute atomic E-state index is 0.238. The standard InChI is InChI=1S/C9H12N3O3.C5H5.Fe/c1-2-15-9(14)12(10)8(13)11-7-5-3-4-6-7;1-2-4-5-3-1;/h3-6H,2,10H2,1H3,(H,11,13);1-5H;. The van der Waals surface area contributed by atoms with Crippen LogP contribution in [0.2, 0.25) is 43.3 Å². The van der Waals surface area contributed by atoms with Crippen molar-refractivity contribution in [2.75, 3.05) is 6.61 Å². The van der Waals surface area contributed by atoms with Gasteiger partial charge in [0.25, 0.3) is 0 Å². The molecule has 10 aliphatic heterocycles. The van der Waals surface area contributed by atoms with E-state index in [0.29, 0.717) is 5.01 Å². The molecule has 10 heterocycles. The van der Waals surface area contributed by atoms with E-state index in [2.05, 4.69) is 5.32 Å². The van der Waals surface area contributed by atoms with E-state index in [1.54, 1.807) is 6.92 Å². The molecule has 0 saturated carbocycles. The van der Waals surface area contributed by atoms with Crippen molar-refractivity contribution in [2.24, 2.45) is 5.84 Å². The van der Waals surface area contributed by atoms with Crippen molar-refractivity contribution in [3.63, 3.8) is 0 Å². The summed E-state index contributed by atoms with van der Waals surface area (Å²) in [6.45, 7) is -1.36. The number of amides is 3. The van der Waals surface area contributed by atoms with Gasteiger partial charge in [0, 0.05) is 0 Å². The summed E-state index contributed by atoms with van der Waals surface area (Å²) < 4.78 is 5.09. The summed E-state index contributed by atoms with van der Waals surface area (Å²) in [7, 11) is 0. The maximum absolute atomic E-state index is 12.5. The summed E-state index contributed by atoms with van der Waals surface area (Å²) in [6, 6.07) is -0.401. The first-order valence-electron chi connectivity index (χ1n) is 8.07. The number of hydrazine groups is 1. The summed E-state index contributed by atoms with van der Waals surface area (Å²) in [4.78, 5) is 34.1. The Labute approximate surface area is 111 Å². The molecular formula is C14H17FeN3O3. The number of rotatable bonds is 2. The Morgan fingerprint density at radius 3 is 2.00 bits per heavy atom. The van der Waals surface area contributed by atoms with E-state index >= 15 is 0 Å². The first-order chi connectivity index (χ1) is 9.82. The Hall–Kier alpha value is -0.781. The van der Waals surface area contributed by atoms with Gasteiger partial charge in [-0.1, -0.05) is 0 Å². The van der Waals surface area contributed by atoms with E-state index in [1.165, 1.54) is 0 Å². The molecule has 10 saturated heterocycles. The molecule has 0 bridgehead atoms. The monoisotopic (exact) mass is 331 g/mol. The second-order valence-electron chi connectivity index (χ2n) is 11.2. The van der Waals surface area contributed by atoms with Crippen molar-refractivity contribution >= 4 is 12.1 Å². The molecule has 1 spiro atoms. The zero-order valence-corrected chi connectivity index (χ0v) is 12.6. The van der Waals surface area contributed by atoms with Gasteiger partial charge in [0.1, 0.15) is 0 Å². The Bertz CT molecular complexity index is 1050. The second-order valence-corrected chi connectivity index (χ2v) is 34.7. The Morgan fingerprint density at radius 1 is 1.14 bits per heavy atom. The van der Waals surface area contributed by atoms with Crippen molar-refractivity contribution in [1.82, 2.24) is 10.3 Å². The minimum atomic E-state index is -3.31. The van der Waals surface area contributed by atoms with Gasteiger partial charge >= 0.3 is 110 Å². The van der Waals surface area contributed by atoms with Crippen LogP contribution in [0.4, 0.5) is 9.59 Å². The number of urea groups is 1. The summed E-state index contributed by atoms with van der Waals surface area (Å²) >= 11 is 0. The molecule has 6 nitrogen and oxygen atoms in total. The van der Waals surface area contributed by atoms with Gasteiger partial charge in [-0.25, -0.2) is 0 Å². The van der Waals surface area contributed by atoms with Gasteiger partial charge in [-0.2, -0.15) is 0 Å². The summed E-state index contributed by atoms with van der Waals surface area (Å²) in [5.41, 5.74) is 0. The van der Waals surface area contributed by atoms with E-state index in [1.807, 2.05) is 0 Å². The van der Waals surface area contributed by atoms with Crippen molar-refractivity contribution in [3.05, 3.63) is 0 Å². The molecule has 21 heavy (non-hydrogen) atoms. The first kappa shape index (κ1) is 8.75. The number of ether oxygens (including phenoxy) is 1. The van der Waals surface area contributed by atoms with Gasteiger partial charge in [-0.15, -0.1) is 0 Å². The van der Waals surface area contributed by atoms with Gasteiger partial charge in [-0.05, 0) is 0 Å². The van der Waals surface area contributed by atoms with Crippen LogP contribution < -0.4 is 11.2 Å². The van der Waals surface area contributed by atoms with Crippen LogP contribution in [-0.4, -0.2) is 28.2 Å². The number of fused-ring (bicyclic) bond motifs is 10. The molecule has 10 rings (SSSR count). The van der Waals surface area contributed by atoms with Crippen LogP contribution in [0.3, 0.4) is 0 Å². The number of nitrogens with one attached hydrogen (secondary N) is 1. The van der Waals surface area contributed by atoms with Crippen molar-refractivity contribution in [3.8, 4) is 0 Å². The van der Waals surface area contributed by atoms with Crippen LogP contribution in [0.5, 0.6) is 0 Å². The number of nitrogens with two attached hydrogens (primary N) is 1. The maximum atomic E-state index is 12.5. The molecule has 10 aliphatic rings. The van der Waals surface area contributed by atoms with Crippen LogP contribution >= 0.6 is 0 Å². The van der Waals surface area contributed by atoms with Crippen LogP contribution in [0.1, 0.15) is 6.92 Å². The summed E-state index contributed by atoms with van der Waals surface area (Å²) in [6.07, 6.45) is -0.735. The van der Waals surface area contributed by atoms with Crippen LogP contribution in [-0.2, 0) is 11.2 Å². The molecule has 0 aliphatic carbocycles. The number of hydrogen-bond donors (Lipinski definition) is 2. The average Bonchev–Trinajstić information content (AvgIpc) is 3.40. The molecule has 0 radical (unpaired) electrons. The van der Waals surface area contributed by atoms with Crippen molar-refractivity contribution in [2.45, 2.75) is 54.7 Å². The van der Waals surface area contributed by atoms with E-state index in [9.17, 15) is 9.59 Å². The molecule has 7 heteroatoms. The number of carbonyl (C=O) groups excluding carboxylic acids is 2. The second kappa shape index (κ2) is 0.801. The third-order valence-electron chi connectivity index (χ3n) is 15.7. The molecule has 4 atom stereocenters. The normalized spacial score (nSPS) is 97.9. The fourth-order valence-corrected chi connectivity index (χ4v) is 90.0. The number of hydrogen-bond acceptors (Lipinski definition) is 4. The summed E-state index contributed by atoms with van der Waals surface area (Å²) in [5.74, 6) is 5.67. The number of imide groups is 1. The van der Waals surface area contributed by atoms with Gasteiger partial charge in [0.15, 0.2) is 0 Å². The van der Waals surface area contributed by atoms with Crippen LogP contribution in [0.25, 0.3) is 0 Å². The topological polar surface area (TPSA) is 84.7 Å². The quantitative estimate of drug-likeness (QED) is 0.352. The SMILES string of the molecule is CCOC(=O)N(N)C(=O)N[C]12[CH]3[CH]4[CH]5[CH]1[Fe]45321678[CH]2[CH]1[CH]6[CH]7[CH]28. The Kier molecular flexibility index (Phi) is 0.334. The fraction of sp³-hybridized carbons (Fsp3) is 0.857. The zero-order valence-electron chi connectivity index (χ0n) is 11.5. The van der Waals surface area contributed by atoms with E-state index in [-0.39, 0.29) is 11.0 Å². The zero-order chi connectivity index (χ0) is 13.9. The van der Waals surface area contributed by atoms with Crippen molar-refractivity contribution in [1.29, 1.82) is 0 Å². The molecule has 10 fully saturated rings. The van der Waals surface area contributed by atoms with E-state index < -0.39 is 18.6 Å². The molecule has 4 unspecified atom stereocenters. The van der Waals surface area contributed by atoms with E-state index in [4.69, 9.17) is 10.6 Å². The molecular weight excluding hydrogens is 314 g/mol. The average molecular weight is 331 g/mol. The molecule has 114 valence electrons. The van der Waals surface area contributed by atoms with Crippen molar-refractivity contribution < 1.29 is 20.8 Å². The molecule has 0 aromatic carbocycles. The Morgan fingerprint density at radius 2 is 1.67 bits per heavy atom. The first-order valence-corrected chi connectivity index (χ1v) is 14.4. The fourth-order valence-electron chi connectivity index (χ4n) is 17.0.